The Balaban J connectivity index is 2.10. The molecule has 0 aromatic heterocycles. The molecule has 1 aromatic carbocycles. The van der Waals surface area contributed by atoms with Crippen LogP contribution in [-0.4, -0.2) is 19.3 Å². The Bertz CT molecular complexity index is 394. The highest BCUT2D eigenvalue weighted by molar-refractivity contribution is 9.10. The highest BCUT2D eigenvalue weighted by Gasteiger charge is 2.24. The van der Waals surface area contributed by atoms with Gasteiger partial charge in [-0.2, -0.15) is 0 Å². The normalized spacial score (nSPS) is 20.9. The second-order valence-corrected chi connectivity index (χ2v) is 4.51. The van der Waals surface area contributed by atoms with Crippen LogP contribution >= 0.6 is 15.9 Å². The summed E-state index contributed by atoms with van der Waals surface area (Å²) in [5.74, 6) is -1.22. The molecule has 0 amide bonds. The Kier molecular flexibility index (Phi) is 3.56. The maximum atomic E-state index is 13.2. The van der Waals surface area contributed by atoms with Crippen molar-refractivity contribution in [3.8, 4) is 0 Å². The largest absolute Gasteiger partial charge is 0.371 e. The van der Waals surface area contributed by atoms with E-state index in [9.17, 15) is 8.78 Å². The summed E-state index contributed by atoms with van der Waals surface area (Å²) < 4.78 is 37.0. The van der Waals surface area contributed by atoms with E-state index in [1.165, 1.54) is 6.07 Å². The summed E-state index contributed by atoms with van der Waals surface area (Å²) in [7, 11) is 0. The molecule has 0 bridgehead atoms. The van der Waals surface area contributed by atoms with E-state index in [1.807, 2.05) is 0 Å². The summed E-state index contributed by atoms with van der Waals surface area (Å²) in [4.78, 5) is 0. The molecule has 2 rings (SSSR count). The molecule has 1 aromatic rings. The van der Waals surface area contributed by atoms with Crippen molar-refractivity contribution in [2.45, 2.75) is 19.1 Å². The topological polar surface area (TPSA) is 21.8 Å². The number of halogens is 3. The third-order valence-electron chi connectivity index (χ3n) is 2.39. The van der Waals surface area contributed by atoms with Crippen molar-refractivity contribution in [3.05, 3.63) is 33.8 Å². The van der Waals surface area contributed by atoms with Gasteiger partial charge in [0.1, 0.15) is 17.7 Å². The van der Waals surface area contributed by atoms with E-state index < -0.39 is 11.6 Å². The van der Waals surface area contributed by atoms with E-state index in [0.717, 1.165) is 6.07 Å². The minimum absolute atomic E-state index is 0.139. The van der Waals surface area contributed by atoms with Crippen LogP contribution in [0.5, 0.6) is 0 Å². The molecule has 0 spiro atoms. The van der Waals surface area contributed by atoms with Gasteiger partial charge in [0.05, 0.1) is 23.8 Å². The highest BCUT2D eigenvalue weighted by atomic mass is 79.9. The molecular weight excluding hydrogens is 282 g/mol. The maximum absolute atomic E-state index is 13.2. The van der Waals surface area contributed by atoms with Crippen LogP contribution in [-0.2, 0) is 9.47 Å². The summed E-state index contributed by atoms with van der Waals surface area (Å²) in [6, 6.07) is 2.11. The van der Waals surface area contributed by atoms with E-state index >= 15 is 0 Å². The molecule has 1 heterocycles. The lowest BCUT2D eigenvalue weighted by Crippen LogP contribution is -2.07. The standard InChI is InChI=1S/C11H11BrF2O2/c1-6(15-4-8-5-16-8)9-2-7(13)3-10(14)11(9)12/h2-3,6,8H,4-5H2,1H3/t6-,8+/m1/s1. The van der Waals surface area contributed by atoms with E-state index in [-0.39, 0.29) is 16.7 Å². The Morgan fingerprint density at radius 1 is 1.56 bits per heavy atom. The Hall–Kier alpha value is -0.520. The first kappa shape index (κ1) is 12.0. The molecule has 88 valence electrons. The minimum Gasteiger partial charge on any atom is -0.371 e. The van der Waals surface area contributed by atoms with Crippen LogP contribution in [0.15, 0.2) is 16.6 Å². The van der Waals surface area contributed by atoms with Gasteiger partial charge in [0.25, 0.3) is 0 Å². The zero-order chi connectivity index (χ0) is 11.7. The Morgan fingerprint density at radius 3 is 2.88 bits per heavy atom. The molecule has 1 aliphatic rings. The average Bonchev–Trinajstić information content (AvgIpc) is 3.03. The number of benzene rings is 1. The number of ether oxygens (including phenoxy) is 2. The van der Waals surface area contributed by atoms with E-state index in [1.54, 1.807) is 6.92 Å². The van der Waals surface area contributed by atoms with Crippen molar-refractivity contribution in [3.63, 3.8) is 0 Å². The zero-order valence-electron chi connectivity index (χ0n) is 8.67. The fourth-order valence-corrected chi connectivity index (χ4v) is 1.93. The van der Waals surface area contributed by atoms with Crippen LogP contribution in [0.4, 0.5) is 8.78 Å². The van der Waals surface area contributed by atoms with Crippen molar-refractivity contribution in [2.75, 3.05) is 13.2 Å². The van der Waals surface area contributed by atoms with Gasteiger partial charge in [-0.05, 0) is 28.9 Å². The van der Waals surface area contributed by atoms with Crippen LogP contribution in [0.25, 0.3) is 0 Å². The fourth-order valence-electron chi connectivity index (χ4n) is 1.38. The quantitative estimate of drug-likeness (QED) is 0.628. The van der Waals surface area contributed by atoms with Gasteiger partial charge in [-0.25, -0.2) is 8.78 Å². The molecule has 0 unspecified atom stereocenters. The smallest absolute Gasteiger partial charge is 0.140 e. The summed E-state index contributed by atoms with van der Waals surface area (Å²) >= 11 is 3.08. The lowest BCUT2D eigenvalue weighted by Gasteiger charge is -2.14. The van der Waals surface area contributed by atoms with E-state index in [0.29, 0.717) is 18.8 Å². The third kappa shape index (κ3) is 2.78. The first-order valence-electron chi connectivity index (χ1n) is 4.95. The second kappa shape index (κ2) is 4.77. The van der Waals surface area contributed by atoms with Crippen LogP contribution in [0, 0.1) is 11.6 Å². The predicted octanol–water partition coefficient (Wildman–Crippen LogP) is 3.20. The van der Waals surface area contributed by atoms with Crippen LogP contribution in [0.1, 0.15) is 18.6 Å². The first-order valence-corrected chi connectivity index (χ1v) is 5.75. The first-order chi connectivity index (χ1) is 7.58. The van der Waals surface area contributed by atoms with Crippen LogP contribution in [0.2, 0.25) is 0 Å². The van der Waals surface area contributed by atoms with Gasteiger partial charge >= 0.3 is 0 Å². The van der Waals surface area contributed by atoms with Crippen molar-refractivity contribution < 1.29 is 18.3 Å². The molecule has 0 saturated carbocycles. The van der Waals surface area contributed by atoms with Crippen molar-refractivity contribution >= 4 is 15.9 Å². The summed E-state index contributed by atoms with van der Waals surface area (Å²) in [5.41, 5.74) is 0.471. The summed E-state index contributed by atoms with van der Waals surface area (Å²) in [5, 5.41) is 0. The second-order valence-electron chi connectivity index (χ2n) is 3.72. The van der Waals surface area contributed by atoms with Gasteiger partial charge in [0, 0.05) is 11.6 Å². The molecule has 2 nitrogen and oxygen atoms in total. The third-order valence-corrected chi connectivity index (χ3v) is 3.23. The van der Waals surface area contributed by atoms with Crippen LogP contribution < -0.4 is 0 Å². The summed E-state index contributed by atoms with van der Waals surface area (Å²) in [6.07, 6.45) is -0.233. The molecule has 5 heteroatoms. The molecule has 0 N–H and O–H groups in total. The molecule has 1 fully saturated rings. The average molecular weight is 293 g/mol. The molecule has 1 saturated heterocycles. The number of hydrogen-bond acceptors (Lipinski definition) is 2. The number of rotatable bonds is 4. The van der Waals surface area contributed by atoms with E-state index in [4.69, 9.17) is 9.47 Å². The van der Waals surface area contributed by atoms with Gasteiger partial charge in [-0.15, -0.1) is 0 Å². The SMILES string of the molecule is C[C@@H](OC[C@H]1CO1)c1cc(F)cc(F)c1Br. The van der Waals surface area contributed by atoms with Crippen molar-refractivity contribution in [2.24, 2.45) is 0 Å². The molecule has 16 heavy (non-hydrogen) atoms. The van der Waals surface area contributed by atoms with Gasteiger partial charge in [0.15, 0.2) is 0 Å². The van der Waals surface area contributed by atoms with E-state index in [2.05, 4.69) is 15.9 Å². The van der Waals surface area contributed by atoms with Gasteiger partial charge in [-0.1, -0.05) is 0 Å². The number of hydrogen-bond donors (Lipinski definition) is 0. The fraction of sp³-hybridized carbons (Fsp3) is 0.455. The highest BCUT2D eigenvalue weighted by Crippen LogP contribution is 2.29. The monoisotopic (exact) mass is 292 g/mol. The molecule has 0 radical (unpaired) electrons. The van der Waals surface area contributed by atoms with Crippen LogP contribution in [0.3, 0.4) is 0 Å². The maximum Gasteiger partial charge on any atom is 0.140 e. The molecule has 0 aliphatic carbocycles. The van der Waals surface area contributed by atoms with Crippen molar-refractivity contribution in [1.82, 2.24) is 0 Å². The molecule has 2 atom stereocenters. The van der Waals surface area contributed by atoms with Gasteiger partial charge < -0.3 is 9.47 Å². The lowest BCUT2D eigenvalue weighted by atomic mass is 10.1. The molecule has 1 aliphatic heterocycles. The lowest BCUT2D eigenvalue weighted by molar-refractivity contribution is 0.0531. The Labute approximate surface area is 101 Å². The molecular formula is C11H11BrF2O2. The Morgan fingerprint density at radius 2 is 2.25 bits per heavy atom. The van der Waals surface area contributed by atoms with Gasteiger partial charge in [-0.3, -0.25) is 0 Å². The predicted molar refractivity (Wildman–Crippen MR) is 58.2 cm³/mol. The minimum atomic E-state index is -0.617. The van der Waals surface area contributed by atoms with Gasteiger partial charge in [0.2, 0.25) is 0 Å². The van der Waals surface area contributed by atoms with Crippen molar-refractivity contribution in [1.29, 1.82) is 0 Å². The number of epoxide rings is 1. The summed E-state index contributed by atoms with van der Waals surface area (Å²) in [6.45, 7) is 2.90. The zero-order valence-corrected chi connectivity index (χ0v) is 10.3.